The number of hydrogen-bond donors (Lipinski definition) is 1. The van der Waals surface area contributed by atoms with E-state index in [9.17, 15) is 5.11 Å². The van der Waals surface area contributed by atoms with Crippen molar-refractivity contribution < 1.29 is 5.11 Å². The lowest BCUT2D eigenvalue weighted by Crippen LogP contribution is -2.34. The Kier molecular flexibility index (Phi) is 2.12. The Balaban J connectivity index is 1.86. The van der Waals surface area contributed by atoms with Gasteiger partial charge in [0, 0.05) is 0 Å². The minimum Gasteiger partial charge on any atom is -0.392 e. The lowest BCUT2D eigenvalue weighted by molar-refractivity contribution is 0.0211. The van der Waals surface area contributed by atoms with Crippen LogP contribution < -0.4 is 0 Å². The zero-order chi connectivity index (χ0) is 9.60. The number of fused-ring (bicyclic) bond motifs is 1. The molecule has 4 atom stereocenters. The van der Waals surface area contributed by atoms with Crippen LogP contribution in [0.5, 0.6) is 0 Å². The monoisotopic (exact) mass is 194 g/mol. The fourth-order valence-corrected chi connectivity index (χ4v) is 4.60. The molecule has 1 N–H and O–H groups in total. The van der Waals surface area contributed by atoms with Crippen LogP contribution in [0, 0.1) is 17.3 Å². The lowest BCUT2D eigenvalue weighted by atomic mass is 9.68. The van der Waals surface area contributed by atoms with Crippen molar-refractivity contribution in [3.8, 4) is 0 Å². The molecule has 0 amide bonds. The Hall–Kier alpha value is -0.0400. The van der Waals surface area contributed by atoms with E-state index in [0.29, 0.717) is 11.3 Å². The van der Waals surface area contributed by atoms with Gasteiger partial charge in [0.15, 0.2) is 0 Å². The fourth-order valence-electron chi connectivity index (χ4n) is 4.60. The van der Waals surface area contributed by atoms with Gasteiger partial charge in [0.25, 0.3) is 0 Å². The van der Waals surface area contributed by atoms with Crippen molar-refractivity contribution >= 4 is 0 Å². The first-order valence-electron chi connectivity index (χ1n) is 6.51. The highest BCUT2D eigenvalue weighted by Gasteiger charge is 2.57. The van der Waals surface area contributed by atoms with Crippen molar-refractivity contribution in [1.82, 2.24) is 0 Å². The van der Waals surface area contributed by atoms with Crippen molar-refractivity contribution in [2.45, 2.75) is 63.9 Å². The van der Waals surface area contributed by atoms with E-state index in [0.717, 1.165) is 5.92 Å². The second-order valence-electron chi connectivity index (χ2n) is 5.86. The Morgan fingerprint density at radius 3 is 2.64 bits per heavy atom. The summed E-state index contributed by atoms with van der Waals surface area (Å²) in [6.07, 6.45) is 12.5. The molecule has 2 bridgehead atoms. The summed E-state index contributed by atoms with van der Waals surface area (Å²) < 4.78 is 0. The molecular formula is C13H22O. The molecule has 1 nitrogen and oxygen atoms in total. The van der Waals surface area contributed by atoms with Gasteiger partial charge in [-0.25, -0.2) is 0 Å². The SMILES string of the molecule is O[C@H]1[C@@H]2CC[C@]13CCCCCC[C@@H]3C2. The Labute approximate surface area is 86.9 Å². The molecule has 3 aliphatic carbocycles. The normalized spacial score (nSPS) is 52.5. The maximum atomic E-state index is 10.3. The molecule has 3 aliphatic rings. The Morgan fingerprint density at radius 1 is 0.929 bits per heavy atom. The van der Waals surface area contributed by atoms with Crippen molar-refractivity contribution in [3.05, 3.63) is 0 Å². The first-order valence-corrected chi connectivity index (χ1v) is 6.51. The highest BCUT2D eigenvalue weighted by atomic mass is 16.3. The van der Waals surface area contributed by atoms with Crippen LogP contribution in [0.1, 0.15) is 57.8 Å². The molecule has 0 aromatic heterocycles. The lowest BCUT2D eigenvalue weighted by Gasteiger charge is -2.38. The highest BCUT2D eigenvalue weighted by Crippen LogP contribution is 2.61. The van der Waals surface area contributed by atoms with E-state index in [4.69, 9.17) is 0 Å². The average molecular weight is 194 g/mol. The van der Waals surface area contributed by atoms with Gasteiger partial charge in [-0.1, -0.05) is 25.7 Å². The number of hydrogen-bond acceptors (Lipinski definition) is 1. The molecule has 3 fully saturated rings. The smallest absolute Gasteiger partial charge is 0.0627 e. The van der Waals surface area contributed by atoms with Gasteiger partial charge in [0.2, 0.25) is 0 Å². The summed E-state index contributed by atoms with van der Waals surface area (Å²) in [6.45, 7) is 0. The topological polar surface area (TPSA) is 20.2 Å². The zero-order valence-corrected chi connectivity index (χ0v) is 9.04. The summed E-state index contributed by atoms with van der Waals surface area (Å²) in [7, 11) is 0. The minimum absolute atomic E-state index is 0.0746. The molecule has 0 radical (unpaired) electrons. The predicted molar refractivity (Wildman–Crippen MR) is 57.0 cm³/mol. The van der Waals surface area contributed by atoms with E-state index < -0.39 is 0 Å². The molecule has 3 saturated carbocycles. The first kappa shape index (κ1) is 9.21. The van der Waals surface area contributed by atoms with Gasteiger partial charge < -0.3 is 5.11 Å². The van der Waals surface area contributed by atoms with Gasteiger partial charge in [-0.2, -0.15) is 0 Å². The number of rotatable bonds is 0. The third-order valence-electron chi connectivity index (χ3n) is 5.36. The standard InChI is InChI=1S/C13H22O/c14-12-10-6-8-13(12)7-4-2-1-3-5-11(13)9-10/h10-12,14H,1-9H2/t10-,11-,12+,13+/m1/s1. The van der Waals surface area contributed by atoms with Crippen LogP contribution in [0.2, 0.25) is 0 Å². The first-order chi connectivity index (χ1) is 6.83. The molecule has 14 heavy (non-hydrogen) atoms. The van der Waals surface area contributed by atoms with Gasteiger partial charge >= 0.3 is 0 Å². The fraction of sp³-hybridized carbons (Fsp3) is 1.00. The van der Waals surface area contributed by atoms with Crippen LogP contribution in [0.15, 0.2) is 0 Å². The van der Waals surface area contributed by atoms with Crippen LogP contribution in [0.4, 0.5) is 0 Å². The predicted octanol–water partition coefficient (Wildman–Crippen LogP) is 3.12. The van der Waals surface area contributed by atoms with Crippen molar-refractivity contribution in [2.24, 2.45) is 17.3 Å². The quantitative estimate of drug-likeness (QED) is 0.628. The molecule has 1 heteroatoms. The van der Waals surface area contributed by atoms with E-state index in [1.54, 1.807) is 0 Å². The van der Waals surface area contributed by atoms with E-state index in [1.807, 2.05) is 0 Å². The van der Waals surface area contributed by atoms with Crippen molar-refractivity contribution in [3.63, 3.8) is 0 Å². The summed E-state index contributed by atoms with van der Waals surface area (Å²) in [4.78, 5) is 0. The molecular weight excluding hydrogens is 172 g/mol. The maximum Gasteiger partial charge on any atom is 0.0627 e. The third kappa shape index (κ3) is 1.11. The Morgan fingerprint density at radius 2 is 1.79 bits per heavy atom. The van der Waals surface area contributed by atoms with Crippen LogP contribution in [0.25, 0.3) is 0 Å². The highest BCUT2D eigenvalue weighted by molar-refractivity contribution is 5.07. The van der Waals surface area contributed by atoms with Crippen LogP contribution in [-0.2, 0) is 0 Å². The summed E-state index contributed by atoms with van der Waals surface area (Å²) in [5.41, 5.74) is 0.394. The summed E-state index contributed by atoms with van der Waals surface area (Å²) >= 11 is 0. The molecule has 3 rings (SSSR count). The van der Waals surface area contributed by atoms with Crippen molar-refractivity contribution in [1.29, 1.82) is 0 Å². The van der Waals surface area contributed by atoms with Gasteiger partial charge in [0.05, 0.1) is 6.10 Å². The van der Waals surface area contributed by atoms with Crippen LogP contribution in [-0.4, -0.2) is 11.2 Å². The third-order valence-corrected chi connectivity index (χ3v) is 5.36. The van der Waals surface area contributed by atoms with E-state index >= 15 is 0 Å². The van der Waals surface area contributed by atoms with Gasteiger partial charge in [0.1, 0.15) is 0 Å². The molecule has 0 aliphatic heterocycles. The molecule has 80 valence electrons. The molecule has 1 spiro atoms. The summed E-state index contributed by atoms with van der Waals surface area (Å²) in [5.74, 6) is 1.56. The molecule has 0 saturated heterocycles. The molecule has 0 heterocycles. The second kappa shape index (κ2) is 3.23. The van der Waals surface area contributed by atoms with Crippen LogP contribution >= 0.6 is 0 Å². The van der Waals surface area contributed by atoms with Gasteiger partial charge in [-0.3, -0.25) is 0 Å². The van der Waals surface area contributed by atoms with E-state index in [1.165, 1.54) is 57.8 Å². The number of aliphatic hydroxyl groups excluding tert-OH is 1. The summed E-state index contributed by atoms with van der Waals surface area (Å²) in [5, 5.41) is 10.3. The van der Waals surface area contributed by atoms with E-state index in [-0.39, 0.29) is 6.10 Å². The van der Waals surface area contributed by atoms with Gasteiger partial charge in [-0.05, 0) is 49.4 Å². The van der Waals surface area contributed by atoms with Crippen LogP contribution in [0.3, 0.4) is 0 Å². The largest absolute Gasteiger partial charge is 0.392 e. The van der Waals surface area contributed by atoms with Crippen molar-refractivity contribution in [2.75, 3.05) is 0 Å². The minimum atomic E-state index is 0.0746. The second-order valence-corrected chi connectivity index (χ2v) is 5.86. The number of aliphatic hydroxyl groups is 1. The molecule has 0 aromatic carbocycles. The Bertz CT molecular complexity index is 225. The average Bonchev–Trinajstić information content (AvgIpc) is 2.58. The van der Waals surface area contributed by atoms with Gasteiger partial charge in [-0.15, -0.1) is 0 Å². The van der Waals surface area contributed by atoms with E-state index in [2.05, 4.69) is 0 Å². The molecule has 0 aromatic rings. The maximum absolute atomic E-state index is 10.3. The zero-order valence-electron chi connectivity index (χ0n) is 9.04. The summed E-state index contributed by atoms with van der Waals surface area (Å²) in [6, 6.07) is 0. The molecule has 0 unspecified atom stereocenters.